The molecule has 1 atom stereocenters. The molecule has 0 fully saturated rings. The maximum Gasteiger partial charge on any atom is 0.418 e. The zero-order valence-electron chi connectivity index (χ0n) is 13.8. The van der Waals surface area contributed by atoms with Gasteiger partial charge in [0.1, 0.15) is 5.69 Å². The van der Waals surface area contributed by atoms with Crippen molar-refractivity contribution in [3.63, 3.8) is 0 Å². The lowest BCUT2D eigenvalue weighted by Crippen LogP contribution is -2.10. The average Bonchev–Trinajstić information content (AvgIpc) is 2.51. The van der Waals surface area contributed by atoms with E-state index in [4.69, 9.17) is 11.6 Å². The van der Waals surface area contributed by atoms with E-state index in [9.17, 15) is 28.4 Å². The second kappa shape index (κ2) is 7.46. The molecule has 2 aromatic rings. The number of halogens is 4. The second-order valence-electron chi connectivity index (χ2n) is 5.61. The fourth-order valence-electron chi connectivity index (χ4n) is 2.42. The van der Waals surface area contributed by atoms with Gasteiger partial charge in [0.05, 0.1) is 33.9 Å². The number of rotatable bonds is 5. The Hall–Kier alpha value is -2.39. The first-order valence-corrected chi connectivity index (χ1v) is 7.82. The molecular formula is C16H15ClF3N3O3. The van der Waals surface area contributed by atoms with E-state index in [1.165, 1.54) is 0 Å². The predicted octanol–water partition coefficient (Wildman–Crippen LogP) is 4.64. The molecule has 1 aromatic heterocycles. The van der Waals surface area contributed by atoms with Crippen LogP contribution >= 0.6 is 11.6 Å². The van der Waals surface area contributed by atoms with Crippen LogP contribution in [0.4, 0.5) is 24.5 Å². The summed E-state index contributed by atoms with van der Waals surface area (Å²) in [6.45, 7) is 3.32. The number of nitrogens with one attached hydrogen (secondary N) is 1. The summed E-state index contributed by atoms with van der Waals surface area (Å²) >= 11 is 5.63. The number of anilines is 1. The summed E-state index contributed by atoms with van der Waals surface area (Å²) in [5.41, 5.74) is -0.438. The van der Waals surface area contributed by atoms with Crippen LogP contribution < -0.4 is 5.32 Å². The number of alkyl halides is 3. The van der Waals surface area contributed by atoms with Crippen LogP contribution in [0.25, 0.3) is 0 Å². The monoisotopic (exact) mass is 389 g/mol. The number of pyridine rings is 1. The number of aliphatic hydroxyl groups is 1. The number of hydrogen-bond acceptors (Lipinski definition) is 5. The minimum atomic E-state index is -4.80. The van der Waals surface area contributed by atoms with Crippen LogP contribution in [0.2, 0.25) is 5.02 Å². The zero-order valence-corrected chi connectivity index (χ0v) is 14.5. The van der Waals surface area contributed by atoms with Gasteiger partial charge in [0.2, 0.25) is 0 Å². The van der Waals surface area contributed by atoms with Gasteiger partial charge >= 0.3 is 6.18 Å². The Morgan fingerprint density at radius 3 is 2.54 bits per heavy atom. The maximum absolute atomic E-state index is 12.9. The molecule has 10 heteroatoms. The smallest absolute Gasteiger partial charge is 0.389 e. The van der Waals surface area contributed by atoms with Crippen molar-refractivity contribution in [3.05, 3.63) is 61.9 Å². The molecule has 1 unspecified atom stereocenters. The molecule has 26 heavy (non-hydrogen) atoms. The third-order valence-corrected chi connectivity index (χ3v) is 3.99. The Morgan fingerprint density at radius 1 is 1.38 bits per heavy atom. The molecular weight excluding hydrogens is 375 g/mol. The summed E-state index contributed by atoms with van der Waals surface area (Å²) in [6.07, 6.45) is -5.49. The molecule has 0 amide bonds. The number of nitrogens with zero attached hydrogens (tertiary/aromatic N) is 2. The van der Waals surface area contributed by atoms with Crippen molar-refractivity contribution in [1.82, 2.24) is 4.98 Å². The first-order chi connectivity index (χ1) is 12.0. The fraction of sp³-hybridized carbons (Fsp3) is 0.312. The summed E-state index contributed by atoms with van der Waals surface area (Å²) in [6, 6.07) is 4.55. The molecule has 0 saturated heterocycles. The van der Waals surface area contributed by atoms with Gasteiger partial charge in [0.25, 0.3) is 5.69 Å². The van der Waals surface area contributed by atoms with Crippen molar-refractivity contribution in [2.45, 2.75) is 32.7 Å². The van der Waals surface area contributed by atoms with Gasteiger partial charge in [0, 0.05) is 17.3 Å². The average molecular weight is 390 g/mol. The molecule has 0 spiro atoms. The van der Waals surface area contributed by atoms with Gasteiger partial charge in [-0.3, -0.25) is 15.1 Å². The van der Waals surface area contributed by atoms with Crippen LogP contribution in [0, 0.1) is 17.0 Å². The third kappa shape index (κ3) is 4.41. The van der Waals surface area contributed by atoms with E-state index in [2.05, 4.69) is 10.3 Å². The van der Waals surface area contributed by atoms with E-state index in [1.807, 2.05) is 0 Å². The van der Waals surface area contributed by atoms with Crippen molar-refractivity contribution in [1.29, 1.82) is 0 Å². The van der Waals surface area contributed by atoms with Crippen LogP contribution in [0.15, 0.2) is 24.3 Å². The van der Waals surface area contributed by atoms with E-state index >= 15 is 0 Å². The first kappa shape index (κ1) is 19.9. The van der Waals surface area contributed by atoms with Crippen molar-refractivity contribution in [2.75, 3.05) is 5.32 Å². The highest BCUT2D eigenvalue weighted by Gasteiger charge is 2.36. The molecule has 0 aliphatic carbocycles. The Bertz CT molecular complexity index is 841. The lowest BCUT2D eigenvalue weighted by molar-refractivity contribution is -0.384. The Balaban J connectivity index is 2.31. The third-order valence-electron chi connectivity index (χ3n) is 3.68. The predicted molar refractivity (Wildman–Crippen MR) is 90.0 cm³/mol. The first-order valence-electron chi connectivity index (χ1n) is 7.44. The van der Waals surface area contributed by atoms with E-state index in [-0.39, 0.29) is 12.2 Å². The molecule has 0 radical (unpaired) electrons. The second-order valence-corrected chi connectivity index (χ2v) is 6.02. The normalized spacial score (nSPS) is 12.7. The van der Waals surface area contributed by atoms with Gasteiger partial charge in [-0.05, 0) is 26.0 Å². The number of aromatic nitrogens is 1. The molecule has 140 valence electrons. The van der Waals surface area contributed by atoms with Gasteiger partial charge in [-0.2, -0.15) is 13.2 Å². The number of benzene rings is 1. The quantitative estimate of drug-likeness (QED) is 0.574. The largest absolute Gasteiger partial charge is 0.418 e. The van der Waals surface area contributed by atoms with Crippen LogP contribution in [0.3, 0.4) is 0 Å². The number of nitro benzene ring substituents is 1. The summed E-state index contributed by atoms with van der Waals surface area (Å²) < 4.78 is 38.6. The van der Waals surface area contributed by atoms with Gasteiger partial charge in [-0.25, -0.2) is 0 Å². The van der Waals surface area contributed by atoms with Crippen molar-refractivity contribution in [3.8, 4) is 0 Å². The lowest BCUT2D eigenvalue weighted by Gasteiger charge is -2.13. The summed E-state index contributed by atoms with van der Waals surface area (Å²) in [7, 11) is 0. The molecule has 1 heterocycles. The highest BCUT2D eigenvalue weighted by molar-refractivity contribution is 6.31. The fourth-order valence-corrected chi connectivity index (χ4v) is 2.69. The summed E-state index contributed by atoms with van der Waals surface area (Å²) in [5, 5.41) is 22.7. The van der Waals surface area contributed by atoms with Crippen molar-refractivity contribution in [2.24, 2.45) is 0 Å². The number of hydrogen-bond donors (Lipinski definition) is 2. The van der Waals surface area contributed by atoms with Gasteiger partial charge in [0.15, 0.2) is 0 Å². The lowest BCUT2D eigenvalue weighted by atomic mass is 10.1. The topological polar surface area (TPSA) is 88.3 Å². The minimum absolute atomic E-state index is 0.0312. The molecule has 0 saturated carbocycles. The van der Waals surface area contributed by atoms with Gasteiger partial charge in [-0.15, -0.1) is 0 Å². The molecule has 0 bridgehead atoms. The highest BCUT2D eigenvalue weighted by Crippen LogP contribution is 2.40. The standard InChI is InChI=1S/C16H15ClF3N3O3/c1-8-11(9(2)24)4-3-10(22-8)7-21-14-6-13(17)12(16(18,19)20)5-15(14)23(25)26/h3-6,9,21,24H,7H2,1-2H3. The molecule has 2 rings (SSSR count). The molecule has 0 aliphatic heterocycles. The van der Waals surface area contributed by atoms with Crippen LogP contribution in [0.5, 0.6) is 0 Å². The van der Waals surface area contributed by atoms with Crippen LogP contribution in [0.1, 0.15) is 35.5 Å². The maximum atomic E-state index is 12.9. The van der Waals surface area contributed by atoms with Crippen molar-refractivity contribution >= 4 is 23.0 Å². The minimum Gasteiger partial charge on any atom is -0.389 e. The molecule has 2 N–H and O–H groups in total. The van der Waals surface area contributed by atoms with E-state index in [0.29, 0.717) is 23.0 Å². The Labute approximate surface area is 151 Å². The molecule has 1 aromatic carbocycles. The van der Waals surface area contributed by atoms with Crippen LogP contribution in [-0.4, -0.2) is 15.0 Å². The van der Waals surface area contributed by atoms with E-state index < -0.39 is 33.5 Å². The summed E-state index contributed by atoms with van der Waals surface area (Å²) in [4.78, 5) is 14.5. The zero-order chi connectivity index (χ0) is 19.6. The van der Waals surface area contributed by atoms with Gasteiger partial charge < -0.3 is 10.4 Å². The van der Waals surface area contributed by atoms with E-state index in [1.54, 1.807) is 26.0 Å². The molecule has 0 aliphatic rings. The number of aryl methyl sites for hydroxylation is 1. The van der Waals surface area contributed by atoms with Crippen molar-refractivity contribution < 1.29 is 23.2 Å². The summed E-state index contributed by atoms with van der Waals surface area (Å²) in [5.74, 6) is 0. The van der Waals surface area contributed by atoms with Crippen LogP contribution in [-0.2, 0) is 12.7 Å². The Kier molecular flexibility index (Phi) is 5.72. The van der Waals surface area contributed by atoms with Gasteiger partial charge in [-0.1, -0.05) is 17.7 Å². The number of nitro groups is 1. The Morgan fingerprint density at radius 2 is 2.04 bits per heavy atom. The molecule has 6 nitrogen and oxygen atoms in total. The number of aliphatic hydroxyl groups excluding tert-OH is 1. The highest BCUT2D eigenvalue weighted by atomic mass is 35.5. The van der Waals surface area contributed by atoms with E-state index in [0.717, 1.165) is 6.07 Å². The SMILES string of the molecule is Cc1nc(CNc2cc(Cl)c(C(F)(F)F)cc2[N+](=O)[O-])ccc1C(C)O.